The van der Waals surface area contributed by atoms with E-state index in [1.165, 1.54) is 8.97 Å². The Morgan fingerprint density at radius 1 is 1.00 bits per heavy atom. The highest BCUT2D eigenvalue weighted by molar-refractivity contribution is 5.80. The second kappa shape index (κ2) is 9.80. The lowest BCUT2D eigenvalue weighted by atomic mass is 10.2. The fraction of sp³-hybridized carbons (Fsp3) is 0.500. The Bertz CT molecular complexity index is 1260. The molecule has 3 rings (SSSR count). The van der Waals surface area contributed by atoms with Crippen LogP contribution in [0.5, 0.6) is 0 Å². The van der Waals surface area contributed by atoms with Crippen LogP contribution in [0.15, 0.2) is 33.9 Å². The van der Waals surface area contributed by atoms with Gasteiger partial charge >= 0.3 is 5.69 Å². The molecule has 172 valence electrons. The van der Waals surface area contributed by atoms with Crippen molar-refractivity contribution in [1.29, 1.82) is 0 Å². The number of fused-ring (bicyclic) bond motifs is 3. The fourth-order valence-electron chi connectivity index (χ4n) is 3.39. The minimum absolute atomic E-state index is 0.0293. The average molecular weight is 443 g/mol. The number of hydrogen-bond donors (Lipinski definition) is 2. The molecule has 2 unspecified atom stereocenters. The Balaban J connectivity index is 2.05. The van der Waals surface area contributed by atoms with E-state index in [4.69, 9.17) is 0 Å². The zero-order chi connectivity index (χ0) is 23.4. The van der Waals surface area contributed by atoms with Gasteiger partial charge in [0.25, 0.3) is 5.56 Å². The number of hydrogen-bond acceptors (Lipinski definition) is 5. The number of carbonyl (C=O) groups excluding carboxylic acids is 2. The third-order valence-corrected chi connectivity index (χ3v) is 5.58. The van der Waals surface area contributed by atoms with Crippen LogP contribution >= 0.6 is 0 Å². The van der Waals surface area contributed by atoms with Crippen molar-refractivity contribution < 1.29 is 9.59 Å². The second-order valence-corrected chi connectivity index (χ2v) is 8.05. The Hall–Kier alpha value is -3.43. The van der Waals surface area contributed by atoms with Crippen LogP contribution in [0, 0.1) is 0 Å². The highest BCUT2D eigenvalue weighted by Crippen LogP contribution is 2.11. The first kappa shape index (κ1) is 23.2. The number of amides is 2. The molecular formula is C22H30N6O4. The van der Waals surface area contributed by atoms with Crippen molar-refractivity contribution in [3.8, 4) is 0 Å². The average Bonchev–Trinajstić information content (AvgIpc) is 3.09. The largest absolute Gasteiger partial charge is 0.354 e. The number of rotatable bonds is 9. The monoisotopic (exact) mass is 442 g/mol. The van der Waals surface area contributed by atoms with Crippen molar-refractivity contribution in [1.82, 2.24) is 29.4 Å². The van der Waals surface area contributed by atoms with E-state index in [1.807, 2.05) is 27.7 Å². The van der Waals surface area contributed by atoms with E-state index in [-0.39, 0.29) is 54.7 Å². The van der Waals surface area contributed by atoms with Crippen molar-refractivity contribution in [2.45, 2.75) is 72.1 Å². The van der Waals surface area contributed by atoms with Crippen LogP contribution in [0.4, 0.5) is 0 Å². The molecule has 0 spiro atoms. The van der Waals surface area contributed by atoms with Crippen LogP contribution < -0.4 is 21.9 Å². The van der Waals surface area contributed by atoms with E-state index in [1.54, 1.807) is 24.3 Å². The molecule has 2 N–H and O–H groups in total. The Kier molecular flexibility index (Phi) is 7.12. The van der Waals surface area contributed by atoms with Crippen LogP contribution in [-0.2, 0) is 22.7 Å². The molecule has 2 heterocycles. The lowest BCUT2D eigenvalue weighted by Gasteiger charge is -2.12. The van der Waals surface area contributed by atoms with Gasteiger partial charge in [0.1, 0.15) is 6.54 Å². The SMILES string of the molecule is CCC(C)NC(=O)CCn1c(=O)c2ccccc2n2c(=O)n(CC(=O)NC(C)CC)nc12. The molecule has 10 nitrogen and oxygen atoms in total. The van der Waals surface area contributed by atoms with Gasteiger partial charge in [0.2, 0.25) is 17.6 Å². The number of benzene rings is 1. The van der Waals surface area contributed by atoms with Gasteiger partial charge < -0.3 is 10.6 Å². The normalized spacial score (nSPS) is 13.2. The van der Waals surface area contributed by atoms with Gasteiger partial charge in [-0.25, -0.2) is 13.9 Å². The Labute approximate surface area is 185 Å². The molecular weight excluding hydrogens is 412 g/mol. The fourth-order valence-corrected chi connectivity index (χ4v) is 3.39. The molecule has 0 fully saturated rings. The molecule has 10 heteroatoms. The Morgan fingerprint density at radius 2 is 1.62 bits per heavy atom. The van der Waals surface area contributed by atoms with Crippen LogP contribution in [0.25, 0.3) is 16.7 Å². The van der Waals surface area contributed by atoms with Crippen LogP contribution in [0.3, 0.4) is 0 Å². The van der Waals surface area contributed by atoms with Crippen LogP contribution in [-0.4, -0.2) is 42.6 Å². The van der Waals surface area contributed by atoms with Gasteiger partial charge in [0, 0.05) is 25.0 Å². The van der Waals surface area contributed by atoms with E-state index in [9.17, 15) is 19.2 Å². The summed E-state index contributed by atoms with van der Waals surface area (Å²) in [4.78, 5) is 50.9. The molecule has 0 saturated heterocycles. The molecule has 0 aliphatic heterocycles. The number of aromatic nitrogens is 4. The van der Waals surface area contributed by atoms with E-state index in [2.05, 4.69) is 15.7 Å². The van der Waals surface area contributed by atoms with E-state index in [0.717, 1.165) is 17.5 Å². The van der Waals surface area contributed by atoms with E-state index >= 15 is 0 Å². The summed E-state index contributed by atoms with van der Waals surface area (Å²) >= 11 is 0. The summed E-state index contributed by atoms with van der Waals surface area (Å²) in [6, 6.07) is 6.73. The maximum Gasteiger partial charge on any atom is 0.352 e. The predicted molar refractivity (Wildman–Crippen MR) is 122 cm³/mol. The van der Waals surface area contributed by atoms with Crippen molar-refractivity contribution in [2.75, 3.05) is 0 Å². The molecule has 0 aliphatic rings. The first-order valence-corrected chi connectivity index (χ1v) is 11.0. The summed E-state index contributed by atoms with van der Waals surface area (Å²) in [5, 5.41) is 10.3. The topological polar surface area (TPSA) is 120 Å². The molecule has 2 atom stereocenters. The number of carbonyl (C=O) groups is 2. The van der Waals surface area contributed by atoms with Crippen molar-refractivity contribution in [2.24, 2.45) is 0 Å². The van der Waals surface area contributed by atoms with Gasteiger partial charge in [0.15, 0.2) is 0 Å². The molecule has 0 saturated carbocycles. The quantitative estimate of drug-likeness (QED) is 0.513. The first-order chi connectivity index (χ1) is 15.3. The predicted octanol–water partition coefficient (Wildman–Crippen LogP) is 1.03. The molecule has 32 heavy (non-hydrogen) atoms. The van der Waals surface area contributed by atoms with Gasteiger partial charge in [-0.15, -0.1) is 5.10 Å². The highest BCUT2D eigenvalue weighted by atomic mass is 16.2. The van der Waals surface area contributed by atoms with Crippen LogP contribution in [0.2, 0.25) is 0 Å². The molecule has 0 radical (unpaired) electrons. The number of nitrogens with one attached hydrogen (secondary N) is 2. The van der Waals surface area contributed by atoms with Gasteiger partial charge in [-0.1, -0.05) is 26.0 Å². The van der Waals surface area contributed by atoms with Gasteiger partial charge in [-0.3, -0.25) is 19.0 Å². The van der Waals surface area contributed by atoms with E-state index in [0.29, 0.717) is 10.9 Å². The lowest BCUT2D eigenvalue weighted by Crippen LogP contribution is -2.37. The maximum absolute atomic E-state index is 13.1. The highest BCUT2D eigenvalue weighted by Gasteiger charge is 2.19. The standard InChI is InChI=1S/C22H30N6O4/c1-5-14(3)23-18(29)11-12-26-20(31)16-9-7-8-10-17(16)28-21(26)25-27(22(28)32)13-19(30)24-15(4)6-2/h7-10,14-15H,5-6,11-13H2,1-4H3,(H,23,29)(H,24,30). The zero-order valence-corrected chi connectivity index (χ0v) is 18.9. The third-order valence-electron chi connectivity index (χ3n) is 5.58. The molecule has 2 aromatic heterocycles. The molecule has 0 bridgehead atoms. The summed E-state index contributed by atoms with van der Waals surface area (Å²) in [6.45, 7) is 7.50. The van der Waals surface area contributed by atoms with Gasteiger partial charge in [-0.05, 0) is 38.8 Å². The van der Waals surface area contributed by atoms with E-state index < -0.39 is 5.69 Å². The summed E-state index contributed by atoms with van der Waals surface area (Å²) < 4.78 is 3.69. The summed E-state index contributed by atoms with van der Waals surface area (Å²) in [7, 11) is 0. The van der Waals surface area contributed by atoms with Crippen molar-refractivity contribution in [3.63, 3.8) is 0 Å². The van der Waals surface area contributed by atoms with Gasteiger partial charge in [-0.2, -0.15) is 0 Å². The second-order valence-electron chi connectivity index (χ2n) is 8.05. The maximum atomic E-state index is 13.1. The minimum atomic E-state index is -0.520. The van der Waals surface area contributed by atoms with Gasteiger partial charge in [0.05, 0.1) is 10.9 Å². The van der Waals surface area contributed by atoms with Crippen molar-refractivity contribution >= 4 is 28.5 Å². The number of para-hydroxylation sites is 1. The molecule has 1 aromatic carbocycles. The number of nitrogens with zero attached hydrogens (tertiary/aromatic N) is 4. The first-order valence-electron chi connectivity index (χ1n) is 11.0. The van der Waals surface area contributed by atoms with Crippen molar-refractivity contribution in [3.05, 3.63) is 45.1 Å². The lowest BCUT2D eigenvalue weighted by molar-refractivity contribution is -0.123. The molecule has 3 aromatic rings. The Morgan fingerprint density at radius 3 is 2.28 bits per heavy atom. The van der Waals surface area contributed by atoms with Crippen LogP contribution in [0.1, 0.15) is 47.0 Å². The number of aryl methyl sites for hydroxylation is 1. The molecule has 2 amide bonds. The smallest absolute Gasteiger partial charge is 0.352 e. The third kappa shape index (κ3) is 4.74. The summed E-state index contributed by atoms with van der Waals surface area (Å²) in [5.41, 5.74) is -0.453. The molecule has 0 aliphatic carbocycles. The summed E-state index contributed by atoms with van der Waals surface area (Å²) in [5.74, 6) is -0.422. The summed E-state index contributed by atoms with van der Waals surface area (Å²) in [6.07, 6.45) is 1.62. The zero-order valence-electron chi connectivity index (χ0n) is 18.9. The minimum Gasteiger partial charge on any atom is -0.354 e.